The summed E-state index contributed by atoms with van der Waals surface area (Å²) in [7, 11) is 1.78. The van der Waals surface area contributed by atoms with Gasteiger partial charge >= 0.3 is 0 Å². The van der Waals surface area contributed by atoms with Crippen LogP contribution in [0.3, 0.4) is 0 Å². The zero-order valence-electron chi connectivity index (χ0n) is 12.4. The third-order valence-electron chi connectivity index (χ3n) is 3.65. The van der Waals surface area contributed by atoms with Gasteiger partial charge < -0.3 is 14.7 Å². The smallest absolute Gasteiger partial charge is 0.274 e. The van der Waals surface area contributed by atoms with Gasteiger partial charge in [0.1, 0.15) is 11.8 Å². The number of aromatic nitrogens is 4. The van der Waals surface area contributed by atoms with E-state index in [1.54, 1.807) is 28.9 Å². The second kappa shape index (κ2) is 6.29. The Labute approximate surface area is 127 Å². The molecule has 2 N–H and O–H groups in total. The highest BCUT2D eigenvalue weighted by Crippen LogP contribution is 2.22. The van der Waals surface area contributed by atoms with E-state index in [0.717, 1.165) is 11.4 Å². The zero-order valence-corrected chi connectivity index (χ0v) is 12.4. The summed E-state index contributed by atoms with van der Waals surface area (Å²) in [5.41, 5.74) is 2.04. The van der Waals surface area contributed by atoms with Crippen molar-refractivity contribution in [2.45, 2.75) is 12.5 Å². The van der Waals surface area contributed by atoms with Crippen LogP contribution in [0.4, 0.5) is 0 Å². The molecule has 0 saturated carbocycles. The van der Waals surface area contributed by atoms with Gasteiger partial charge in [0.25, 0.3) is 5.91 Å². The first kappa shape index (κ1) is 14.7. The highest BCUT2D eigenvalue weighted by molar-refractivity contribution is 5.92. The lowest BCUT2D eigenvalue weighted by molar-refractivity contribution is -0.0249. The number of aryl methyl sites for hydroxylation is 1. The summed E-state index contributed by atoms with van der Waals surface area (Å²) in [5.74, 6) is -0.0972. The van der Waals surface area contributed by atoms with E-state index in [9.17, 15) is 4.79 Å². The first-order valence-corrected chi connectivity index (χ1v) is 7.23. The molecule has 3 rings (SSSR count). The summed E-state index contributed by atoms with van der Waals surface area (Å²) < 4.78 is 7.32. The molecule has 2 aromatic rings. The van der Waals surface area contributed by atoms with Crippen molar-refractivity contribution in [2.75, 3.05) is 26.3 Å². The highest BCUT2D eigenvalue weighted by Gasteiger charge is 2.28. The fraction of sp³-hybridized carbons (Fsp3) is 0.500. The quantitative estimate of drug-likeness (QED) is 0.822. The normalized spacial score (nSPS) is 18.6. The van der Waals surface area contributed by atoms with E-state index >= 15 is 0 Å². The number of morpholine rings is 1. The van der Waals surface area contributed by atoms with E-state index in [1.807, 2.05) is 6.07 Å². The lowest BCUT2D eigenvalue weighted by Crippen LogP contribution is -2.42. The number of nitrogens with zero attached hydrogens (tertiary/aromatic N) is 4. The van der Waals surface area contributed by atoms with Gasteiger partial charge in [-0.2, -0.15) is 10.2 Å². The number of ether oxygens (including phenoxy) is 1. The molecule has 1 aliphatic rings. The van der Waals surface area contributed by atoms with Gasteiger partial charge in [-0.05, 0) is 12.1 Å². The minimum Gasteiger partial charge on any atom is -0.396 e. The van der Waals surface area contributed by atoms with Crippen molar-refractivity contribution >= 4 is 5.91 Å². The van der Waals surface area contributed by atoms with Gasteiger partial charge in [0.15, 0.2) is 0 Å². The van der Waals surface area contributed by atoms with Crippen molar-refractivity contribution in [1.82, 2.24) is 24.9 Å². The number of hydrogen-bond donors (Lipinski definition) is 2. The SMILES string of the molecule is Cn1ccc(C(=O)N2CCOC(c3cc(CCO)[nH]n3)C2)n1. The molecule has 3 heterocycles. The molecular formula is C14H19N5O3. The van der Waals surface area contributed by atoms with Gasteiger partial charge in [-0.15, -0.1) is 0 Å². The summed E-state index contributed by atoms with van der Waals surface area (Å²) in [6, 6.07) is 3.58. The number of hydrogen-bond acceptors (Lipinski definition) is 5. The molecule has 1 atom stereocenters. The maximum absolute atomic E-state index is 12.4. The van der Waals surface area contributed by atoms with Crippen LogP contribution in [0.25, 0.3) is 0 Å². The van der Waals surface area contributed by atoms with Crippen LogP contribution >= 0.6 is 0 Å². The van der Waals surface area contributed by atoms with Crippen LogP contribution in [-0.4, -0.2) is 62.2 Å². The molecule has 1 amide bonds. The number of rotatable bonds is 4. The lowest BCUT2D eigenvalue weighted by atomic mass is 10.1. The van der Waals surface area contributed by atoms with E-state index in [0.29, 0.717) is 31.8 Å². The molecule has 0 aliphatic carbocycles. The van der Waals surface area contributed by atoms with Crippen LogP contribution in [-0.2, 0) is 18.2 Å². The maximum atomic E-state index is 12.4. The molecule has 1 aliphatic heterocycles. The van der Waals surface area contributed by atoms with Crippen molar-refractivity contribution in [3.05, 3.63) is 35.4 Å². The van der Waals surface area contributed by atoms with Crippen molar-refractivity contribution in [3.8, 4) is 0 Å². The molecular weight excluding hydrogens is 286 g/mol. The van der Waals surface area contributed by atoms with E-state index in [-0.39, 0.29) is 18.6 Å². The number of H-pyrrole nitrogens is 1. The van der Waals surface area contributed by atoms with E-state index < -0.39 is 0 Å². The predicted octanol–water partition coefficient (Wildman–Crippen LogP) is -0.108. The highest BCUT2D eigenvalue weighted by atomic mass is 16.5. The molecule has 0 aromatic carbocycles. The van der Waals surface area contributed by atoms with Gasteiger partial charge in [0.2, 0.25) is 0 Å². The minimum absolute atomic E-state index is 0.0669. The Kier molecular flexibility index (Phi) is 4.21. The molecule has 0 spiro atoms. The molecule has 22 heavy (non-hydrogen) atoms. The van der Waals surface area contributed by atoms with E-state index in [2.05, 4.69) is 15.3 Å². The first-order valence-electron chi connectivity index (χ1n) is 7.23. The number of amides is 1. The number of carbonyl (C=O) groups excluding carboxylic acids is 1. The third-order valence-corrected chi connectivity index (χ3v) is 3.65. The standard InChI is InChI=1S/C14H19N5O3/c1-18-4-2-11(17-18)14(21)19-5-7-22-13(9-19)12-8-10(3-6-20)15-16-12/h2,4,8,13,20H,3,5-7,9H2,1H3,(H,15,16). The summed E-state index contributed by atoms with van der Waals surface area (Å²) in [5, 5.41) is 20.2. The number of aliphatic hydroxyl groups is 1. The number of carbonyl (C=O) groups is 1. The second-order valence-corrected chi connectivity index (χ2v) is 5.28. The van der Waals surface area contributed by atoms with Crippen LogP contribution in [0.15, 0.2) is 18.3 Å². The second-order valence-electron chi connectivity index (χ2n) is 5.28. The predicted molar refractivity (Wildman–Crippen MR) is 77.2 cm³/mol. The maximum Gasteiger partial charge on any atom is 0.274 e. The number of nitrogens with one attached hydrogen (secondary N) is 1. The van der Waals surface area contributed by atoms with Gasteiger partial charge in [0.05, 0.1) is 18.8 Å². The zero-order chi connectivity index (χ0) is 15.5. The Morgan fingerprint density at radius 2 is 2.45 bits per heavy atom. The average Bonchev–Trinajstić information content (AvgIpc) is 3.16. The van der Waals surface area contributed by atoms with Crippen molar-refractivity contribution < 1.29 is 14.6 Å². The van der Waals surface area contributed by atoms with E-state index in [4.69, 9.17) is 9.84 Å². The van der Waals surface area contributed by atoms with Crippen LogP contribution < -0.4 is 0 Å². The molecule has 1 saturated heterocycles. The fourth-order valence-corrected chi connectivity index (χ4v) is 2.50. The summed E-state index contributed by atoms with van der Waals surface area (Å²) in [6.07, 6.45) is 2.01. The summed E-state index contributed by atoms with van der Waals surface area (Å²) >= 11 is 0. The van der Waals surface area contributed by atoms with Crippen LogP contribution in [0.5, 0.6) is 0 Å². The molecule has 1 fully saturated rings. The molecule has 2 aromatic heterocycles. The Bertz CT molecular complexity index is 650. The van der Waals surface area contributed by atoms with Crippen LogP contribution in [0.2, 0.25) is 0 Å². The van der Waals surface area contributed by atoms with Gasteiger partial charge in [-0.25, -0.2) is 0 Å². The molecule has 118 valence electrons. The molecule has 8 heteroatoms. The number of aromatic amines is 1. The first-order chi connectivity index (χ1) is 10.7. The van der Waals surface area contributed by atoms with Gasteiger partial charge in [-0.3, -0.25) is 14.6 Å². The minimum atomic E-state index is -0.259. The van der Waals surface area contributed by atoms with Crippen molar-refractivity contribution in [3.63, 3.8) is 0 Å². The van der Waals surface area contributed by atoms with E-state index in [1.165, 1.54) is 0 Å². The topological polar surface area (TPSA) is 96.3 Å². The number of aliphatic hydroxyl groups excluding tert-OH is 1. The lowest BCUT2D eigenvalue weighted by Gasteiger charge is -2.31. The van der Waals surface area contributed by atoms with Crippen molar-refractivity contribution in [2.24, 2.45) is 7.05 Å². The van der Waals surface area contributed by atoms with Crippen LogP contribution in [0.1, 0.15) is 28.0 Å². The van der Waals surface area contributed by atoms with Gasteiger partial charge in [-0.1, -0.05) is 0 Å². The van der Waals surface area contributed by atoms with Gasteiger partial charge in [0, 0.05) is 38.5 Å². The largest absolute Gasteiger partial charge is 0.396 e. The fourth-order valence-electron chi connectivity index (χ4n) is 2.50. The average molecular weight is 305 g/mol. The Morgan fingerprint density at radius 3 is 3.18 bits per heavy atom. The molecule has 0 radical (unpaired) electrons. The monoisotopic (exact) mass is 305 g/mol. The van der Waals surface area contributed by atoms with Crippen molar-refractivity contribution in [1.29, 1.82) is 0 Å². The van der Waals surface area contributed by atoms with Crippen LogP contribution in [0, 0.1) is 0 Å². The summed E-state index contributed by atoms with van der Waals surface area (Å²) in [6.45, 7) is 1.52. The Hall–Kier alpha value is -2.19. The molecule has 1 unspecified atom stereocenters. The Morgan fingerprint density at radius 1 is 1.59 bits per heavy atom. The summed E-state index contributed by atoms with van der Waals surface area (Å²) in [4.78, 5) is 14.2. The molecule has 8 nitrogen and oxygen atoms in total. The Balaban J connectivity index is 1.69. The third kappa shape index (κ3) is 3.02. The molecule has 0 bridgehead atoms.